The van der Waals surface area contributed by atoms with E-state index in [9.17, 15) is 0 Å². The molecule has 2 nitrogen and oxygen atoms in total. The quantitative estimate of drug-likeness (QED) is 0.423. The van der Waals surface area contributed by atoms with Crippen LogP contribution in [0.2, 0.25) is 5.15 Å². The zero-order valence-electron chi connectivity index (χ0n) is 8.12. The average molecular weight is 215 g/mol. The molecule has 72 valence electrons. The number of benzene rings is 1. The van der Waals surface area contributed by atoms with Crippen LogP contribution in [0.5, 0.6) is 0 Å². The number of nitrogens with zero attached hydrogens (tertiary/aromatic N) is 1. The van der Waals surface area contributed by atoms with Gasteiger partial charge in [0.2, 0.25) is 0 Å². The molecule has 0 bridgehead atoms. The summed E-state index contributed by atoms with van der Waals surface area (Å²) in [5, 5.41) is 2.58. The third kappa shape index (κ3) is 1.16. The molecule has 0 atom stereocenters. The summed E-state index contributed by atoms with van der Waals surface area (Å²) in [5.41, 5.74) is 2.61. The second-order valence-electron chi connectivity index (χ2n) is 3.53. The number of hydrogen-bond donors (Lipinski definition) is 0. The number of fused-ring (bicyclic) bond motifs is 3. The van der Waals surface area contributed by atoms with Gasteiger partial charge in [-0.1, -0.05) is 35.3 Å². The first kappa shape index (κ1) is 8.80. The van der Waals surface area contributed by atoms with E-state index in [1.807, 2.05) is 32.1 Å². The van der Waals surface area contributed by atoms with Crippen molar-refractivity contribution in [3.8, 4) is 0 Å². The fourth-order valence-electron chi connectivity index (χ4n) is 1.86. The van der Waals surface area contributed by atoms with Crippen molar-refractivity contribution in [3.05, 3.63) is 35.6 Å². The van der Waals surface area contributed by atoms with Crippen LogP contribution in [0.25, 0.3) is 21.9 Å². The van der Waals surface area contributed by atoms with Crippen LogP contribution in [-0.2, 0) is 0 Å². The van der Waals surface area contributed by atoms with Gasteiger partial charge in [0.05, 0.1) is 0 Å². The zero-order valence-corrected chi connectivity index (χ0v) is 8.88. The lowest BCUT2D eigenvalue weighted by Crippen LogP contribution is -2.03. The minimum absolute atomic E-state index is 0.423. The largest absolute Gasteiger partial charge is 0.453 e. The summed E-state index contributed by atoms with van der Waals surface area (Å²) < 4.78 is 5.67. The van der Waals surface area contributed by atoms with Crippen molar-refractivity contribution in [2.45, 2.75) is 0 Å². The molecule has 2 aromatic heterocycles. The van der Waals surface area contributed by atoms with Crippen molar-refractivity contribution < 1.29 is 4.42 Å². The lowest BCUT2D eigenvalue weighted by Gasteiger charge is -1.95. The maximum absolute atomic E-state index is 6.00. The molecule has 0 aliphatic carbocycles. The van der Waals surface area contributed by atoms with Crippen LogP contribution in [-0.4, -0.2) is 12.8 Å². The normalized spacial score (nSPS) is 11.3. The van der Waals surface area contributed by atoms with Gasteiger partial charge in [-0.2, -0.15) is 0 Å². The van der Waals surface area contributed by atoms with Crippen molar-refractivity contribution in [1.29, 1.82) is 0 Å². The van der Waals surface area contributed by atoms with Gasteiger partial charge in [0.15, 0.2) is 10.7 Å². The molecule has 0 aliphatic rings. The smallest absolute Gasteiger partial charge is 0.172 e. The van der Waals surface area contributed by atoms with Gasteiger partial charge >= 0.3 is 0 Å². The van der Waals surface area contributed by atoms with Crippen molar-refractivity contribution in [3.63, 3.8) is 0 Å². The van der Waals surface area contributed by atoms with Gasteiger partial charge in [0.25, 0.3) is 0 Å². The maximum Gasteiger partial charge on any atom is 0.172 e. The minimum atomic E-state index is 0.423. The zero-order chi connectivity index (χ0) is 10.4. The van der Waals surface area contributed by atoms with Crippen LogP contribution in [0.3, 0.4) is 0 Å². The standard InChI is InChI=1S/C11H7BClNO/c12-7-5-14-11(13)10-9(7)6-3-1-2-4-8(6)15-10/h1-5H,12H2. The monoisotopic (exact) mass is 215 g/mol. The fourth-order valence-corrected chi connectivity index (χ4v) is 2.04. The van der Waals surface area contributed by atoms with Gasteiger partial charge in [-0.3, -0.25) is 0 Å². The van der Waals surface area contributed by atoms with E-state index in [-0.39, 0.29) is 0 Å². The van der Waals surface area contributed by atoms with Crippen LogP contribution >= 0.6 is 11.6 Å². The summed E-state index contributed by atoms with van der Waals surface area (Å²) in [5.74, 6) is 0. The second kappa shape index (κ2) is 3.01. The first-order valence-corrected chi connectivity index (χ1v) is 5.07. The molecular formula is C11H7BClNO. The Morgan fingerprint density at radius 1 is 1.27 bits per heavy atom. The number of pyridine rings is 1. The molecule has 0 spiro atoms. The maximum atomic E-state index is 6.00. The summed E-state index contributed by atoms with van der Waals surface area (Å²) >= 11 is 6.00. The van der Waals surface area contributed by atoms with Gasteiger partial charge in [-0.25, -0.2) is 4.98 Å². The lowest BCUT2D eigenvalue weighted by atomic mass is 9.93. The summed E-state index contributed by atoms with van der Waals surface area (Å²) in [6.07, 6.45) is 1.77. The average Bonchev–Trinajstić information content (AvgIpc) is 2.64. The molecule has 15 heavy (non-hydrogen) atoms. The topological polar surface area (TPSA) is 26.0 Å². The minimum Gasteiger partial charge on any atom is -0.453 e. The summed E-state index contributed by atoms with van der Waals surface area (Å²) in [7, 11) is 2.01. The molecule has 3 rings (SSSR count). The summed E-state index contributed by atoms with van der Waals surface area (Å²) in [6, 6.07) is 7.90. The van der Waals surface area contributed by atoms with Crippen molar-refractivity contribution in [1.82, 2.24) is 4.98 Å². The molecule has 0 fully saturated rings. The first-order chi connectivity index (χ1) is 7.27. The highest BCUT2D eigenvalue weighted by Crippen LogP contribution is 2.30. The number of aromatic nitrogens is 1. The Morgan fingerprint density at radius 3 is 2.93 bits per heavy atom. The van der Waals surface area contributed by atoms with E-state index >= 15 is 0 Å². The van der Waals surface area contributed by atoms with Gasteiger partial charge in [-0.15, -0.1) is 0 Å². The predicted molar refractivity (Wildman–Crippen MR) is 64.7 cm³/mol. The third-order valence-corrected chi connectivity index (χ3v) is 2.82. The van der Waals surface area contributed by atoms with Crippen LogP contribution < -0.4 is 5.46 Å². The molecule has 4 heteroatoms. The van der Waals surface area contributed by atoms with Crippen LogP contribution in [0.4, 0.5) is 0 Å². The van der Waals surface area contributed by atoms with E-state index in [2.05, 4.69) is 4.98 Å². The Balaban J connectivity index is 2.66. The molecule has 0 aliphatic heterocycles. The highest BCUT2D eigenvalue weighted by Gasteiger charge is 2.11. The van der Waals surface area contributed by atoms with Gasteiger partial charge < -0.3 is 4.42 Å². The first-order valence-electron chi connectivity index (χ1n) is 4.70. The molecular weight excluding hydrogens is 208 g/mol. The van der Waals surface area contributed by atoms with Crippen molar-refractivity contribution in [2.75, 3.05) is 0 Å². The van der Waals surface area contributed by atoms with E-state index in [1.165, 1.54) is 0 Å². The van der Waals surface area contributed by atoms with E-state index in [0.29, 0.717) is 10.7 Å². The number of rotatable bonds is 0. The summed E-state index contributed by atoms with van der Waals surface area (Å²) in [6.45, 7) is 0. The van der Waals surface area contributed by atoms with Crippen LogP contribution in [0.15, 0.2) is 34.9 Å². The summed E-state index contributed by atoms with van der Waals surface area (Å²) in [4.78, 5) is 4.07. The lowest BCUT2D eigenvalue weighted by molar-refractivity contribution is 0.667. The van der Waals surface area contributed by atoms with Crippen molar-refractivity contribution >= 4 is 46.8 Å². The molecule has 0 radical (unpaired) electrons. The van der Waals surface area contributed by atoms with E-state index < -0.39 is 0 Å². The highest BCUT2D eigenvalue weighted by atomic mass is 35.5. The third-order valence-electron chi connectivity index (χ3n) is 2.55. The molecule has 0 saturated carbocycles. The predicted octanol–water partition coefficient (Wildman–Crippen LogP) is 1.89. The van der Waals surface area contributed by atoms with Gasteiger partial charge in [-0.05, 0) is 6.07 Å². The number of halogens is 1. The molecule has 0 amide bonds. The SMILES string of the molecule is Bc1cnc(Cl)c2oc3ccccc3c12. The highest BCUT2D eigenvalue weighted by molar-refractivity contribution is 6.43. The molecule has 0 saturated heterocycles. The fraction of sp³-hybridized carbons (Fsp3) is 0. The Hall–Kier alpha value is -1.48. The van der Waals surface area contributed by atoms with E-state index in [1.54, 1.807) is 6.20 Å². The molecule has 1 aromatic carbocycles. The Labute approximate surface area is 92.3 Å². The molecule has 0 N–H and O–H groups in total. The molecule has 3 aromatic rings. The Kier molecular flexibility index (Phi) is 1.76. The van der Waals surface area contributed by atoms with Gasteiger partial charge in [0.1, 0.15) is 13.4 Å². The molecule has 0 unspecified atom stereocenters. The van der Waals surface area contributed by atoms with E-state index in [4.69, 9.17) is 16.0 Å². The Bertz CT molecular complexity index is 662. The van der Waals surface area contributed by atoms with E-state index in [0.717, 1.165) is 21.8 Å². The Morgan fingerprint density at radius 2 is 2.07 bits per heavy atom. The number of para-hydroxylation sites is 1. The van der Waals surface area contributed by atoms with Crippen LogP contribution in [0, 0.1) is 0 Å². The number of hydrogen-bond acceptors (Lipinski definition) is 2. The molecule has 2 heterocycles. The second-order valence-corrected chi connectivity index (χ2v) is 3.89. The number of furan rings is 1. The van der Waals surface area contributed by atoms with Crippen molar-refractivity contribution in [2.24, 2.45) is 0 Å². The van der Waals surface area contributed by atoms with Crippen LogP contribution in [0.1, 0.15) is 0 Å². The van der Waals surface area contributed by atoms with Gasteiger partial charge in [0, 0.05) is 17.0 Å².